The summed E-state index contributed by atoms with van der Waals surface area (Å²) in [6, 6.07) is 6.56. The van der Waals surface area contributed by atoms with Crippen LogP contribution in [-0.2, 0) is 19.1 Å². The van der Waals surface area contributed by atoms with Gasteiger partial charge >= 0.3 is 5.97 Å². The quantitative estimate of drug-likeness (QED) is 0.208. The van der Waals surface area contributed by atoms with Crippen LogP contribution in [0.4, 0.5) is 0 Å². The van der Waals surface area contributed by atoms with Crippen molar-refractivity contribution in [1.82, 2.24) is 5.06 Å². The number of alkyl halides is 1. The van der Waals surface area contributed by atoms with Gasteiger partial charge < -0.3 is 9.47 Å². The number of carbonyl (C=O) groups is 3. The highest BCUT2D eigenvalue weighted by Crippen LogP contribution is 2.22. The van der Waals surface area contributed by atoms with E-state index in [1.807, 2.05) is 0 Å². The lowest BCUT2D eigenvalue weighted by Gasteiger charge is -2.18. The minimum Gasteiger partial charge on any atom is -0.436 e. The van der Waals surface area contributed by atoms with Crippen molar-refractivity contribution < 1.29 is 28.7 Å². The number of benzene rings is 1. The first-order valence-electron chi connectivity index (χ1n) is 7.50. The Morgan fingerprint density at radius 2 is 1.79 bits per heavy atom. The summed E-state index contributed by atoms with van der Waals surface area (Å²) >= 11 is 3.23. The smallest absolute Gasteiger partial charge is 0.304 e. The zero-order valence-corrected chi connectivity index (χ0v) is 14.8. The molecule has 0 saturated carbocycles. The van der Waals surface area contributed by atoms with Crippen LogP contribution in [0.2, 0.25) is 0 Å². The third kappa shape index (κ3) is 4.62. The number of hydroxylamine groups is 2. The summed E-state index contributed by atoms with van der Waals surface area (Å²) < 4.78 is 10.4. The lowest BCUT2D eigenvalue weighted by Crippen LogP contribution is -2.30. The van der Waals surface area contributed by atoms with E-state index in [-0.39, 0.29) is 6.61 Å². The van der Waals surface area contributed by atoms with Gasteiger partial charge in [0.2, 0.25) is 6.29 Å². The Kier molecular flexibility index (Phi) is 6.89. The van der Waals surface area contributed by atoms with Gasteiger partial charge in [0.25, 0.3) is 11.8 Å². The largest absolute Gasteiger partial charge is 0.436 e. The molecule has 1 aromatic rings. The molecule has 0 saturated heterocycles. The van der Waals surface area contributed by atoms with E-state index in [0.717, 1.165) is 5.06 Å². The van der Waals surface area contributed by atoms with Crippen molar-refractivity contribution in [2.75, 3.05) is 18.5 Å². The molecule has 7 nitrogen and oxygen atoms in total. The summed E-state index contributed by atoms with van der Waals surface area (Å²) in [5.74, 6) is -1.37. The second-order valence-electron chi connectivity index (χ2n) is 5.02. The minimum atomic E-state index is -0.675. The second kappa shape index (κ2) is 8.91. The molecule has 24 heavy (non-hydrogen) atoms. The Labute approximate surface area is 147 Å². The minimum absolute atomic E-state index is 0.126. The predicted molar refractivity (Wildman–Crippen MR) is 87.4 cm³/mol. The lowest BCUT2D eigenvalue weighted by atomic mass is 10.1. The molecular formula is C16H18BrNO6. The fraction of sp³-hybridized carbons (Fsp3) is 0.438. The SMILES string of the molecule is CC(=O)OC(CCCON1C(=O)c2ccccc2C1=O)OCCBr. The number of esters is 1. The van der Waals surface area contributed by atoms with E-state index in [2.05, 4.69) is 15.9 Å². The van der Waals surface area contributed by atoms with Crippen molar-refractivity contribution in [3.63, 3.8) is 0 Å². The summed E-state index contributed by atoms with van der Waals surface area (Å²) in [6.45, 7) is 1.83. The lowest BCUT2D eigenvalue weighted by molar-refractivity contribution is -0.178. The number of hydrogen-bond acceptors (Lipinski definition) is 6. The molecule has 1 heterocycles. The van der Waals surface area contributed by atoms with Crippen molar-refractivity contribution in [2.45, 2.75) is 26.1 Å². The van der Waals surface area contributed by atoms with E-state index in [9.17, 15) is 14.4 Å². The van der Waals surface area contributed by atoms with Crippen LogP contribution in [0.25, 0.3) is 0 Å². The van der Waals surface area contributed by atoms with Gasteiger partial charge in [-0.15, -0.1) is 5.06 Å². The fourth-order valence-electron chi connectivity index (χ4n) is 2.23. The maximum absolute atomic E-state index is 12.1. The summed E-state index contributed by atoms with van der Waals surface area (Å²) in [5.41, 5.74) is 0.668. The summed E-state index contributed by atoms with van der Waals surface area (Å²) in [7, 11) is 0. The van der Waals surface area contributed by atoms with Gasteiger partial charge in [-0.3, -0.25) is 19.2 Å². The van der Waals surface area contributed by atoms with Gasteiger partial charge in [0, 0.05) is 18.7 Å². The standard InChI is InChI=1S/C16H18BrNO6/c1-11(19)24-14(22-10-8-17)7-4-9-23-18-15(20)12-5-2-3-6-13(12)16(18)21/h2-3,5-6,14H,4,7-10H2,1H3. The number of hydrogen-bond donors (Lipinski definition) is 0. The van der Waals surface area contributed by atoms with E-state index in [1.165, 1.54) is 6.92 Å². The van der Waals surface area contributed by atoms with Crippen molar-refractivity contribution in [1.29, 1.82) is 0 Å². The van der Waals surface area contributed by atoms with Crippen LogP contribution in [0, 0.1) is 0 Å². The molecule has 1 aliphatic rings. The Morgan fingerprint density at radius 1 is 1.17 bits per heavy atom. The number of amides is 2. The van der Waals surface area contributed by atoms with Crippen LogP contribution in [0.5, 0.6) is 0 Å². The first-order chi connectivity index (χ1) is 11.5. The molecule has 1 aromatic carbocycles. The summed E-state index contributed by atoms with van der Waals surface area (Å²) in [5, 5.41) is 1.39. The highest BCUT2D eigenvalue weighted by Gasteiger charge is 2.36. The normalized spacial score (nSPS) is 14.7. The van der Waals surface area contributed by atoms with Crippen LogP contribution < -0.4 is 0 Å². The van der Waals surface area contributed by atoms with Gasteiger partial charge in [0.05, 0.1) is 24.3 Å². The summed E-state index contributed by atoms with van der Waals surface area (Å²) in [4.78, 5) is 40.5. The number of fused-ring (bicyclic) bond motifs is 1. The number of nitrogens with zero attached hydrogens (tertiary/aromatic N) is 1. The third-order valence-corrected chi connectivity index (χ3v) is 3.56. The molecule has 130 valence electrons. The first kappa shape index (κ1) is 18.6. The molecule has 0 aromatic heterocycles. The van der Waals surface area contributed by atoms with Crippen LogP contribution in [0.1, 0.15) is 40.5 Å². The molecule has 0 N–H and O–H groups in total. The molecular weight excluding hydrogens is 382 g/mol. The van der Waals surface area contributed by atoms with Crippen molar-refractivity contribution in [3.8, 4) is 0 Å². The molecule has 8 heteroatoms. The van der Waals surface area contributed by atoms with E-state index < -0.39 is 24.1 Å². The number of imide groups is 1. The van der Waals surface area contributed by atoms with E-state index >= 15 is 0 Å². The van der Waals surface area contributed by atoms with Gasteiger partial charge in [-0.1, -0.05) is 28.1 Å². The van der Waals surface area contributed by atoms with E-state index in [0.29, 0.717) is 35.9 Å². The van der Waals surface area contributed by atoms with E-state index in [1.54, 1.807) is 24.3 Å². The molecule has 1 unspecified atom stereocenters. The van der Waals surface area contributed by atoms with E-state index in [4.69, 9.17) is 14.3 Å². The molecule has 0 radical (unpaired) electrons. The number of carbonyl (C=O) groups excluding carboxylic acids is 3. The average molecular weight is 400 g/mol. The molecule has 0 aliphatic carbocycles. The second-order valence-corrected chi connectivity index (χ2v) is 5.82. The summed E-state index contributed by atoms with van der Waals surface area (Å²) in [6.07, 6.45) is 0.175. The molecule has 1 atom stereocenters. The van der Waals surface area contributed by atoms with Gasteiger partial charge in [-0.05, 0) is 18.6 Å². The van der Waals surface area contributed by atoms with Crippen LogP contribution >= 0.6 is 15.9 Å². The first-order valence-corrected chi connectivity index (χ1v) is 8.62. The Bertz CT molecular complexity index is 585. The van der Waals surface area contributed by atoms with Crippen molar-refractivity contribution in [2.24, 2.45) is 0 Å². The molecule has 2 amide bonds. The van der Waals surface area contributed by atoms with Gasteiger partial charge in [0.15, 0.2) is 0 Å². The molecule has 2 rings (SSSR count). The highest BCUT2D eigenvalue weighted by molar-refractivity contribution is 9.09. The maximum atomic E-state index is 12.1. The fourth-order valence-corrected chi connectivity index (χ4v) is 2.41. The number of ether oxygens (including phenoxy) is 2. The van der Waals surface area contributed by atoms with Crippen LogP contribution in [-0.4, -0.2) is 47.7 Å². The monoisotopic (exact) mass is 399 g/mol. The molecule has 0 bridgehead atoms. The van der Waals surface area contributed by atoms with Gasteiger partial charge in [-0.25, -0.2) is 0 Å². The predicted octanol–water partition coefficient (Wildman–Crippen LogP) is 2.30. The molecule has 1 aliphatic heterocycles. The Balaban J connectivity index is 1.81. The van der Waals surface area contributed by atoms with Crippen molar-refractivity contribution in [3.05, 3.63) is 35.4 Å². The van der Waals surface area contributed by atoms with Crippen molar-refractivity contribution >= 4 is 33.7 Å². The molecule has 0 fully saturated rings. The zero-order valence-electron chi connectivity index (χ0n) is 13.2. The maximum Gasteiger partial charge on any atom is 0.304 e. The average Bonchev–Trinajstić information content (AvgIpc) is 2.80. The molecule has 0 spiro atoms. The third-order valence-electron chi connectivity index (χ3n) is 3.24. The Morgan fingerprint density at radius 3 is 2.33 bits per heavy atom. The van der Waals surface area contributed by atoms with Crippen LogP contribution in [0.3, 0.4) is 0 Å². The van der Waals surface area contributed by atoms with Gasteiger partial charge in [-0.2, -0.15) is 0 Å². The number of rotatable bonds is 9. The zero-order chi connectivity index (χ0) is 17.5. The van der Waals surface area contributed by atoms with Gasteiger partial charge in [0.1, 0.15) is 0 Å². The number of halogens is 1. The Hall–Kier alpha value is -1.77. The topological polar surface area (TPSA) is 82.1 Å². The van der Waals surface area contributed by atoms with Crippen LogP contribution in [0.15, 0.2) is 24.3 Å². The highest BCUT2D eigenvalue weighted by atomic mass is 79.9.